The maximum Gasteiger partial charge on any atom is 0.217 e. The van der Waals surface area contributed by atoms with E-state index in [4.69, 9.17) is 0 Å². The van der Waals surface area contributed by atoms with Crippen molar-refractivity contribution in [3.05, 3.63) is 35.9 Å². The lowest BCUT2D eigenvalue weighted by Gasteiger charge is -2.55. The molecule has 0 radical (unpaired) electrons. The molecule has 0 spiro atoms. The maximum atomic E-state index is 12.9. The second-order valence-corrected chi connectivity index (χ2v) is 9.57. The first-order valence-corrected chi connectivity index (χ1v) is 9.58. The van der Waals surface area contributed by atoms with Gasteiger partial charge in [-0.3, -0.25) is 0 Å². The monoisotopic (exact) mass is 305 g/mol. The third-order valence-electron chi connectivity index (χ3n) is 5.86. The Kier molecular flexibility index (Phi) is 3.16. The van der Waals surface area contributed by atoms with Gasteiger partial charge in [0, 0.05) is 6.54 Å². The van der Waals surface area contributed by atoms with Gasteiger partial charge >= 0.3 is 0 Å². The molecule has 4 saturated carbocycles. The summed E-state index contributed by atoms with van der Waals surface area (Å²) in [6.07, 6.45) is 6.49. The molecule has 1 aromatic carbocycles. The Morgan fingerprint density at radius 2 is 1.48 bits per heavy atom. The highest BCUT2D eigenvalue weighted by Crippen LogP contribution is 2.58. The number of benzene rings is 1. The van der Waals surface area contributed by atoms with Gasteiger partial charge in [-0.05, 0) is 61.8 Å². The van der Waals surface area contributed by atoms with Crippen LogP contribution in [0.5, 0.6) is 0 Å². The van der Waals surface area contributed by atoms with Gasteiger partial charge in [-0.2, -0.15) is 0 Å². The fourth-order valence-corrected chi connectivity index (χ4v) is 7.32. The molecule has 0 aromatic heterocycles. The van der Waals surface area contributed by atoms with Gasteiger partial charge in [0.05, 0.1) is 4.75 Å². The number of rotatable bonds is 4. The van der Waals surface area contributed by atoms with Crippen molar-refractivity contribution in [2.75, 3.05) is 0 Å². The van der Waals surface area contributed by atoms with Crippen LogP contribution in [0.15, 0.2) is 30.3 Å². The second-order valence-electron chi connectivity index (χ2n) is 7.41. The van der Waals surface area contributed by atoms with E-state index in [1.807, 2.05) is 30.3 Å². The molecule has 0 heterocycles. The van der Waals surface area contributed by atoms with E-state index < -0.39 is 14.8 Å². The van der Waals surface area contributed by atoms with E-state index in [2.05, 4.69) is 4.72 Å². The highest BCUT2D eigenvalue weighted by atomic mass is 32.2. The average Bonchev–Trinajstić information content (AvgIpc) is 2.45. The molecule has 5 rings (SSSR count). The van der Waals surface area contributed by atoms with E-state index in [-0.39, 0.29) is 0 Å². The largest absolute Gasteiger partial charge is 0.217 e. The first kappa shape index (κ1) is 13.8. The molecule has 4 bridgehead atoms. The van der Waals surface area contributed by atoms with Gasteiger partial charge in [-0.1, -0.05) is 30.3 Å². The average molecular weight is 305 g/mol. The summed E-state index contributed by atoms with van der Waals surface area (Å²) < 4.78 is 28.3. The van der Waals surface area contributed by atoms with Crippen LogP contribution in [0.1, 0.15) is 44.1 Å². The minimum Gasteiger partial charge on any atom is -0.212 e. The van der Waals surface area contributed by atoms with Gasteiger partial charge in [0.2, 0.25) is 10.0 Å². The molecule has 4 aliphatic rings. The SMILES string of the molecule is O=S(=O)(NCc1ccccc1)C12CC3CC(CC(C3)C1)C2. The Morgan fingerprint density at radius 1 is 0.952 bits per heavy atom. The van der Waals surface area contributed by atoms with E-state index in [1.165, 1.54) is 19.3 Å². The van der Waals surface area contributed by atoms with Crippen LogP contribution in [0.3, 0.4) is 0 Å². The molecule has 0 atom stereocenters. The summed E-state index contributed by atoms with van der Waals surface area (Å²) in [7, 11) is -3.23. The summed E-state index contributed by atoms with van der Waals surface area (Å²) in [6.45, 7) is 0.422. The highest BCUT2D eigenvalue weighted by Gasteiger charge is 2.57. The van der Waals surface area contributed by atoms with Crippen molar-refractivity contribution in [3.63, 3.8) is 0 Å². The second kappa shape index (κ2) is 4.82. The molecular weight excluding hydrogens is 282 g/mol. The quantitative estimate of drug-likeness (QED) is 0.929. The van der Waals surface area contributed by atoms with E-state index in [1.54, 1.807) is 0 Å². The first-order valence-electron chi connectivity index (χ1n) is 8.09. The van der Waals surface area contributed by atoms with Gasteiger partial charge in [0.15, 0.2) is 0 Å². The zero-order chi connectivity index (χ0) is 14.5. The fraction of sp³-hybridized carbons (Fsp3) is 0.647. The Hall–Kier alpha value is -0.870. The summed E-state index contributed by atoms with van der Waals surface area (Å²) >= 11 is 0. The van der Waals surface area contributed by atoms with Gasteiger partial charge < -0.3 is 0 Å². The molecule has 21 heavy (non-hydrogen) atoms. The Bertz CT molecular complexity index is 588. The van der Waals surface area contributed by atoms with Gasteiger partial charge in [0.1, 0.15) is 0 Å². The van der Waals surface area contributed by atoms with Crippen molar-refractivity contribution in [3.8, 4) is 0 Å². The minimum atomic E-state index is -3.23. The van der Waals surface area contributed by atoms with Crippen molar-refractivity contribution in [2.24, 2.45) is 17.8 Å². The number of hydrogen-bond donors (Lipinski definition) is 1. The van der Waals surface area contributed by atoms with Crippen LogP contribution >= 0.6 is 0 Å². The summed E-state index contributed by atoms with van der Waals surface area (Å²) in [5.74, 6) is 1.97. The lowest BCUT2D eigenvalue weighted by molar-refractivity contribution is 0.0333. The third-order valence-corrected chi connectivity index (χ3v) is 8.03. The van der Waals surface area contributed by atoms with Gasteiger partial charge in [-0.25, -0.2) is 13.1 Å². The molecule has 0 aliphatic heterocycles. The van der Waals surface area contributed by atoms with Crippen molar-refractivity contribution in [1.82, 2.24) is 4.72 Å². The predicted octanol–water partition coefficient (Wildman–Crippen LogP) is 3.07. The highest BCUT2D eigenvalue weighted by molar-refractivity contribution is 7.90. The van der Waals surface area contributed by atoms with Crippen LogP contribution in [0.4, 0.5) is 0 Å². The molecule has 3 nitrogen and oxygen atoms in total. The summed E-state index contributed by atoms with van der Waals surface area (Å²) in [4.78, 5) is 0. The molecule has 4 fully saturated rings. The predicted molar refractivity (Wildman–Crippen MR) is 83.1 cm³/mol. The lowest BCUT2D eigenvalue weighted by atomic mass is 9.56. The summed E-state index contributed by atoms with van der Waals surface area (Å²) in [6, 6.07) is 9.81. The fourth-order valence-electron chi connectivity index (χ4n) is 5.29. The number of hydrogen-bond acceptors (Lipinski definition) is 2. The summed E-state index contributed by atoms with van der Waals surface area (Å²) in [5, 5.41) is 0. The normalized spacial score (nSPS) is 37.8. The van der Waals surface area contributed by atoms with Crippen LogP contribution in [0.2, 0.25) is 0 Å². The summed E-state index contributed by atoms with van der Waals surface area (Å²) in [5.41, 5.74) is 1.03. The Labute approximate surface area is 127 Å². The molecule has 4 aliphatic carbocycles. The van der Waals surface area contributed by atoms with Crippen LogP contribution < -0.4 is 4.72 Å². The maximum absolute atomic E-state index is 12.9. The molecule has 4 heteroatoms. The van der Waals surface area contributed by atoms with E-state index in [0.717, 1.165) is 24.8 Å². The first-order chi connectivity index (χ1) is 10.1. The molecule has 0 unspecified atom stereocenters. The molecule has 114 valence electrons. The van der Waals surface area contributed by atoms with E-state index in [0.29, 0.717) is 24.3 Å². The van der Waals surface area contributed by atoms with Gasteiger partial charge in [-0.15, -0.1) is 0 Å². The third kappa shape index (κ3) is 2.33. The molecule has 0 amide bonds. The number of sulfonamides is 1. The molecule has 1 aromatic rings. The zero-order valence-corrected chi connectivity index (χ0v) is 13.1. The van der Waals surface area contributed by atoms with E-state index >= 15 is 0 Å². The van der Waals surface area contributed by atoms with Crippen LogP contribution in [0, 0.1) is 17.8 Å². The van der Waals surface area contributed by atoms with Crippen LogP contribution in [-0.2, 0) is 16.6 Å². The molecule has 0 saturated heterocycles. The topological polar surface area (TPSA) is 46.2 Å². The molecular formula is C17H23NO2S. The van der Waals surface area contributed by atoms with Crippen LogP contribution in [-0.4, -0.2) is 13.2 Å². The lowest BCUT2D eigenvalue weighted by Crippen LogP contribution is -2.57. The molecule has 1 N–H and O–H groups in total. The van der Waals surface area contributed by atoms with Crippen molar-refractivity contribution in [1.29, 1.82) is 0 Å². The zero-order valence-electron chi connectivity index (χ0n) is 12.3. The Morgan fingerprint density at radius 3 is 2.00 bits per heavy atom. The Balaban J connectivity index is 1.54. The van der Waals surface area contributed by atoms with Crippen molar-refractivity contribution < 1.29 is 8.42 Å². The number of nitrogens with one attached hydrogen (secondary N) is 1. The van der Waals surface area contributed by atoms with Crippen molar-refractivity contribution in [2.45, 2.75) is 49.8 Å². The van der Waals surface area contributed by atoms with Crippen LogP contribution in [0.25, 0.3) is 0 Å². The van der Waals surface area contributed by atoms with Crippen molar-refractivity contribution >= 4 is 10.0 Å². The minimum absolute atomic E-state index is 0.422. The van der Waals surface area contributed by atoms with Gasteiger partial charge in [0.25, 0.3) is 0 Å². The smallest absolute Gasteiger partial charge is 0.212 e. The standard InChI is InChI=1S/C17H23NO2S/c19-21(20,18-12-13-4-2-1-3-5-13)17-9-14-6-15(10-17)8-16(7-14)11-17/h1-5,14-16,18H,6-12H2. The van der Waals surface area contributed by atoms with E-state index in [9.17, 15) is 8.42 Å².